The molecule has 0 spiro atoms. The third kappa shape index (κ3) is 4.87. The van der Waals surface area contributed by atoms with Crippen molar-refractivity contribution < 1.29 is 9.59 Å². The molecule has 0 saturated carbocycles. The van der Waals surface area contributed by atoms with Gasteiger partial charge in [-0.3, -0.25) is 9.59 Å². The minimum absolute atomic E-state index is 0.0609. The quantitative estimate of drug-likeness (QED) is 0.801. The fourth-order valence-electron chi connectivity index (χ4n) is 4.16. The van der Waals surface area contributed by atoms with Gasteiger partial charge >= 0.3 is 0 Å². The molecule has 0 aliphatic carbocycles. The van der Waals surface area contributed by atoms with Gasteiger partial charge in [-0.2, -0.15) is 0 Å². The van der Waals surface area contributed by atoms with E-state index in [-0.39, 0.29) is 17.7 Å². The SMILES string of the molecule is CN1C[C@H](C(=O)N2CCN(C(=O)c3ccccc3)CC2)CC[C@H](N(C)C)C1. The van der Waals surface area contributed by atoms with Gasteiger partial charge < -0.3 is 19.6 Å². The highest BCUT2D eigenvalue weighted by atomic mass is 16.2. The van der Waals surface area contributed by atoms with Gasteiger partial charge in [0.25, 0.3) is 5.91 Å². The van der Waals surface area contributed by atoms with Crippen LogP contribution in [-0.4, -0.2) is 97.9 Å². The number of piperazine rings is 1. The number of likely N-dealkylation sites (tertiary alicyclic amines) is 1. The van der Waals surface area contributed by atoms with Crippen molar-refractivity contribution in [2.45, 2.75) is 18.9 Å². The molecule has 2 aliphatic heterocycles. The maximum atomic E-state index is 13.1. The van der Waals surface area contributed by atoms with E-state index < -0.39 is 0 Å². The maximum Gasteiger partial charge on any atom is 0.253 e. The fraction of sp³-hybridized carbons (Fsp3) is 0.619. The zero-order valence-electron chi connectivity index (χ0n) is 16.8. The molecule has 2 fully saturated rings. The summed E-state index contributed by atoms with van der Waals surface area (Å²) < 4.78 is 0. The first-order chi connectivity index (χ1) is 13.0. The van der Waals surface area contributed by atoms with E-state index in [0.29, 0.717) is 32.2 Å². The lowest BCUT2D eigenvalue weighted by molar-refractivity contribution is -0.137. The lowest BCUT2D eigenvalue weighted by atomic mass is 9.99. The lowest BCUT2D eigenvalue weighted by Gasteiger charge is -2.36. The number of likely N-dealkylation sites (N-methyl/N-ethyl adjacent to an activating group) is 2. The molecule has 2 atom stereocenters. The number of benzene rings is 1. The van der Waals surface area contributed by atoms with Crippen LogP contribution in [0.15, 0.2) is 30.3 Å². The van der Waals surface area contributed by atoms with Crippen LogP contribution in [0.2, 0.25) is 0 Å². The van der Waals surface area contributed by atoms with E-state index in [4.69, 9.17) is 0 Å². The van der Waals surface area contributed by atoms with Gasteiger partial charge in [-0.25, -0.2) is 0 Å². The second kappa shape index (κ2) is 8.85. The number of nitrogens with zero attached hydrogens (tertiary/aromatic N) is 4. The molecule has 6 heteroatoms. The molecule has 1 aromatic carbocycles. The highest BCUT2D eigenvalue weighted by Gasteiger charge is 2.32. The molecule has 2 saturated heterocycles. The molecule has 0 radical (unpaired) electrons. The Morgan fingerprint density at radius 1 is 0.926 bits per heavy atom. The normalized spacial score (nSPS) is 24.7. The first-order valence-electron chi connectivity index (χ1n) is 9.94. The Morgan fingerprint density at radius 3 is 2.19 bits per heavy atom. The zero-order chi connectivity index (χ0) is 19.4. The molecule has 3 rings (SSSR count). The third-order valence-corrected chi connectivity index (χ3v) is 5.88. The van der Waals surface area contributed by atoms with Crippen LogP contribution in [0, 0.1) is 5.92 Å². The van der Waals surface area contributed by atoms with Crippen molar-refractivity contribution in [2.24, 2.45) is 5.92 Å². The van der Waals surface area contributed by atoms with E-state index in [0.717, 1.165) is 31.5 Å². The van der Waals surface area contributed by atoms with Crippen LogP contribution in [0.1, 0.15) is 23.2 Å². The van der Waals surface area contributed by atoms with Crippen molar-refractivity contribution >= 4 is 11.8 Å². The van der Waals surface area contributed by atoms with Crippen molar-refractivity contribution in [1.82, 2.24) is 19.6 Å². The summed E-state index contributed by atoms with van der Waals surface area (Å²) in [7, 11) is 6.34. The van der Waals surface area contributed by atoms with E-state index >= 15 is 0 Å². The van der Waals surface area contributed by atoms with E-state index in [9.17, 15) is 9.59 Å². The van der Waals surface area contributed by atoms with Gasteiger partial charge in [0.1, 0.15) is 0 Å². The topological polar surface area (TPSA) is 47.1 Å². The number of carbonyl (C=O) groups excluding carboxylic acids is 2. The fourth-order valence-corrected chi connectivity index (χ4v) is 4.16. The van der Waals surface area contributed by atoms with Crippen LogP contribution >= 0.6 is 0 Å². The summed E-state index contributed by atoms with van der Waals surface area (Å²) in [4.78, 5) is 34.0. The second-order valence-corrected chi connectivity index (χ2v) is 8.10. The average Bonchev–Trinajstić information content (AvgIpc) is 2.89. The zero-order valence-corrected chi connectivity index (χ0v) is 16.8. The summed E-state index contributed by atoms with van der Waals surface area (Å²) in [5.74, 6) is 0.384. The largest absolute Gasteiger partial charge is 0.339 e. The van der Waals surface area contributed by atoms with Crippen molar-refractivity contribution in [3.63, 3.8) is 0 Å². The summed E-state index contributed by atoms with van der Waals surface area (Å²) in [6.45, 7) is 4.33. The van der Waals surface area contributed by atoms with Crippen LogP contribution in [0.5, 0.6) is 0 Å². The van der Waals surface area contributed by atoms with Crippen molar-refractivity contribution in [2.75, 3.05) is 60.4 Å². The molecule has 27 heavy (non-hydrogen) atoms. The Morgan fingerprint density at radius 2 is 1.56 bits per heavy atom. The third-order valence-electron chi connectivity index (χ3n) is 5.88. The number of rotatable bonds is 3. The molecular weight excluding hydrogens is 340 g/mol. The minimum atomic E-state index is 0.0609. The van der Waals surface area contributed by atoms with Crippen LogP contribution in [0.4, 0.5) is 0 Å². The Bertz CT molecular complexity index is 641. The monoisotopic (exact) mass is 372 g/mol. The smallest absolute Gasteiger partial charge is 0.253 e. The van der Waals surface area contributed by atoms with Crippen LogP contribution in [0.3, 0.4) is 0 Å². The Balaban J connectivity index is 1.54. The van der Waals surface area contributed by atoms with E-state index in [1.807, 2.05) is 40.1 Å². The van der Waals surface area contributed by atoms with E-state index in [1.165, 1.54) is 0 Å². The van der Waals surface area contributed by atoms with Gasteiger partial charge in [0.05, 0.1) is 5.92 Å². The molecule has 6 nitrogen and oxygen atoms in total. The maximum absolute atomic E-state index is 13.1. The Kier molecular flexibility index (Phi) is 6.50. The first-order valence-corrected chi connectivity index (χ1v) is 9.94. The summed E-state index contributed by atoms with van der Waals surface area (Å²) in [5, 5.41) is 0. The molecule has 2 amide bonds. The number of amides is 2. The summed E-state index contributed by atoms with van der Waals surface area (Å²) >= 11 is 0. The van der Waals surface area contributed by atoms with Crippen LogP contribution in [-0.2, 0) is 4.79 Å². The molecular formula is C21H32N4O2. The van der Waals surface area contributed by atoms with Crippen molar-refractivity contribution in [1.29, 1.82) is 0 Å². The number of carbonyl (C=O) groups is 2. The van der Waals surface area contributed by atoms with Crippen molar-refractivity contribution in [3.05, 3.63) is 35.9 Å². The van der Waals surface area contributed by atoms with E-state index in [1.54, 1.807) is 0 Å². The van der Waals surface area contributed by atoms with Crippen LogP contribution in [0.25, 0.3) is 0 Å². The summed E-state index contributed by atoms with van der Waals surface area (Å²) in [6.07, 6.45) is 2.00. The average molecular weight is 373 g/mol. The molecule has 2 heterocycles. The first kappa shape index (κ1) is 19.8. The van der Waals surface area contributed by atoms with Gasteiger partial charge in [-0.15, -0.1) is 0 Å². The lowest BCUT2D eigenvalue weighted by Crippen LogP contribution is -2.52. The molecule has 0 aromatic heterocycles. The highest BCUT2D eigenvalue weighted by Crippen LogP contribution is 2.21. The number of hydrogen-bond donors (Lipinski definition) is 0. The molecule has 148 valence electrons. The van der Waals surface area contributed by atoms with Gasteiger partial charge in [0, 0.05) is 50.9 Å². The molecule has 1 aromatic rings. The highest BCUT2D eigenvalue weighted by molar-refractivity contribution is 5.94. The second-order valence-electron chi connectivity index (χ2n) is 8.10. The Labute approximate surface area is 162 Å². The molecule has 0 bridgehead atoms. The standard InChI is InChI=1S/C21H32N4O2/c1-22(2)19-10-9-18(15-23(3)16-19)21(27)25-13-11-24(12-14-25)20(26)17-7-5-4-6-8-17/h4-8,18-19H,9-16H2,1-3H3/t18-,19+/m1/s1. The van der Waals surface area contributed by atoms with Gasteiger partial charge in [0.2, 0.25) is 5.91 Å². The summed E-state index contributed by atoms with van der Waals surface area (Å²) in [6, 6.07) is 9.89. The number of hydrogen-bond acceptors (Lipinski definition) is 4. The minimum Gasteiger partial charge on any atom is -0.339 e. The predicted octanol–water partition coefficient (Wildman–Crippen LogP) is 1.24. The predicted molar refractivity (Wildman–Crippen MR) is 107 cm³/mol. The van der Waals surface area contributed by atoms with Crippen molar-refractivity contribution in [3.8, 4) is 0 Å². The molecule has 0 unspecified atom stereocenters. The molecule has 0 N–H and O–H groups in total. The van der Waals surface area contributed by atoms with Gasteiger partial charge in [-0.1, -0.05) is 18.2 Å². The molecule has 2 aliphatic rings. The Hall–Kier alpha value is -1.92. The van der Waals surface area contributed by atoms with Crippen LogP contribution < -0.4 is 0 Å². The van der Waals surface area contributed by atoms with E-state index in [2.05, 4.69) is 30.9 Å². The van der Waals surface area contributed by atoms with Gasteiger partial charge in [0.15, 0.2) is 0 Å². The summed E-state index contributed by atoms with van der Waals surface area (Å²) in [5.41, 5.74) is 0.720. The van der Waals surface area contributed by atoms with Gasteiger partial charge in [-0.05, 0) is 46.1 Å².